The van der Waals surface area contributed by atoms with Gasteiger partial charge >= 0.3 is 0 Å². The van der Waals surface area contributed by atoms with Gasteiger partial charge in [0.25, 0.3) is 0 Å². The summed E-state index contributed by atoms with van der Waals surface area (Å²) in [6.07, 6.45) is 1.72. The highest BCUT2D eigenvalue weighted by Gasteiger charge is 2.31. The van der Waals surface area contributed by atoms with Crippen molar-refractivity contribution in [1.82, 2.24) is 4.90 Å². The first-order valence-electron chi connectivity index (χ1n) is 6.82. The van der Waals surface area contributed by atoms with Crippen LogP contribution in [0.3, 0.4) is 0 Å². The molecule has 4 nitrogen and oxygen atoms in total. The quantitative estimate of drug-likeness (QED) is 0.867. The first kappa shape index (κ1) is 14.0. The second-order valence-electron chi connectivity index (χ2n) is 5.56. The third-order valence-electron chi connectivity index (χ3n) is 3.54. The van der Waals surface area contributed by atoms with Crippen LogP contribution in [0.2, 0.25) is 0 Å². The Balaban J connectivity index is 1.84. The highest BCUT2D eigenvalue weighted by molar-refractivity contribution is 5.92. The lowest BCUT2D eigenvalue weighted by Crippen LogP contribution is -2.35. The van der Waals surface area contributed by atoms with Crippen molar-refractivity contribution in [3.8, 4) is 0 Å². The van der Waals surface area contributed by atoms with Crippen LogP contribution in [0.25, 0.3) is 0 Å². The lowest BCUT2D eigenvalue weighted by molar-refractivity contribution is -0.117. The number of amides is 1. The van der Waals surface area contributed by atoms with Gasteiger partial charge in [-0.05, 0) is 37.5 Å². The van der Waals surface area contributed by atoms with E-state index in [1.54, 1.807) is 0 Å². The van der Waals surface area contributed by atoms with E-state index in [0.717, 1.165) is 25.1 Å². The molecule has 1 aliphatic rings. The molecular formula is C15H22N2O2. The van der Waals surface area contributed by atoms with Crippen molar-refractivity contribution in [3.63, 3.8) is 0 Å². The molecule has 0 radical (unpaired) electrons. The van der Waals surface area contributed by atoms with Crippen LogP contribution in [0, 0.1) is 0 Å². The Hall–Kier alpha value is -1.39. The van der Waals surface area contributed by atoms with Gasteiger partial charge in [-0.1, -0.05) is 19.1 Å². The van der Waals surface area contributed by atoms with Gasteiger partial charge in [-0.3, -0.25) is 9.69 Å². The minimum absolute atomic E-state index is 0.0260. The molecule has 0 spiro atoms. The maximum Gasteiger partial charge on any atom is 0.238 e. The highest BCUT2D eigenvalue weighted by Crippen LogP contribution is 2.19. The normalized spacial score (nSPS) is 23.5. The first-order chi connectivity index (χ1) is 8.98. The van der Waals surface area contributed by atoms with Crippen molar-refractivity contribution in [3.05, 3.63) is 29.8 Å². The first-order valence-corrected chi connectivity index (χ1v) is 6.82. The number of anilines is 1. The van der Waals surface area contributed by atoms with Crippen LogP contribution in [0.1, 0.15) is 25.8 Å². The topological polar surface area (TPSA) is 52.6 Å². The van der Waals surface area contributed by atoms with Crippen molar-refractivity contribution in [2.75, 3.05) is 25.0 Å². The summed E-state index contributed by atoms with van der Waals surface area (Å²) >= 11 is 0. The lowest BCUT2D eigenvalue weighted by Gasteiger charge is -2.18. The highest BCUT2D eigenvalue weighted by atomic mass is 16.3. The van der Waals surface area contributed by atoms with Crippen LogP contribution in [0.15, 0.2) is 24.3 Å². The van der Waals surface area contributed by atoms with E-state index in [4.69, 9.17) is 0 Å². The molecule has 4 heteroatoms. The molecule has 1 atom stereocenters. The number of carbonyl (C=O) groups excluding carboxylic acids is 1. The van der Waals surface area contributed by atoms with Crippen molar-refractivity contribution in [2.45, 2.75) is 32.3 Å². The second-order valence-corrected chi connectivity index (χ2v) is 5.56. The Kier molecular flexibility index (Phi) is 4.22. The fraction of sp³-hybridized carbons (Fsp3) is 0.533. The zero-order valence-corrected chi connectivity index (χ0v) is 11.6. The number of rotatable bonds is 4. The van der Waals surface area contributed by atoms with Crippen molar-refractivity contribution in [2.24, 2.45) is 0 Å². The van der Waals surface area contributed by atoms with Gasteiger partial charge in [0.1, 0.15) is 0 Å². The molecule has 19 heavy (non-hydrogen) atoms. The number of hydrogen-bond donors (Lipinski definition) is 2. The molecule has 1 unspecified atom stereocenters. The average molecular weight is 262 g/mol. The third kappa shape index (κ3) is 4.04. The minimum Gasteiger partial charge on any atom is -0.389 e. The monoisotopic (exact) mass is 262 g/mol. The van der Waals surface area contributed by atoms with E-state index in [0.29, 0.717) is 13.1 Å². The van der Waals surface area contributed by atoms with Gasteiger partial charge in [-0.25, -0.2) is 0 Å². The molecule has 1 amide bonds. The molecule has 1 aliphatic heterocycles. The number of aliphatic hydroxyl groups is 1. The largest absolute Gasteiger partial charge is 0.389 e. The Labute approximate surface area is 114 Å². The standard InChI is InChI=1S/C15H22N2O2/c1-3-12-4-6-13(7-5-12)16-14(18)10-17-9-8-15(2,19)11-17/h4-7,19H,3,8-11H2,1-2H3,(H,16,18). The van der Waals surface area contributed by atoms with Gasteiger partial charge in [-0.15, -0.1) is 0 Å². The number of aryl methyl sites for hydroxylation is 1. The van der Waals surface area contributed by atoms with Crippen molar-refractivity contribution < 1.29 is 9.90 Å². The predicted octanol–water partition coefficient (Wildman–Crippen LogP) is 1.64. The van der Waals surface area contributed by atoms with E-state index in [2.05, 4.69) is 12.2 Å². The summed E-state index contributed by atoms with van der Waals surface area (Å²) in [7, 11) is 0. The summed E-state index contributed by atoms with van der Waals surface area (Å²) in [5.41, 5.74) is 1.44. The summed E-state index contributed by atoms with van der Waals surface area (Å²) in [4.78, 5) is 13.9. The van der Waals surface area contributed by atoms with Gasteiger partial charge in [0, 0.05) is 18.8 Å². The van der Waals surface area contributed by atoms with E-state index in [1.807, 2.05) is 36.1 Å². The maximum atomic E-state index is 11.9. The van der Waals surface area contributed by atoms with Crippen LogP contribution in [0.5, 0.6) is 0 Å². The van der Waals surface area contributed by atoms with Gasteiger partial charge in [-0.2, -0.15) is 0 Å². The fourth-order valence-electron chi connectivity index (χ4n) is 2.40. The van der Waals surface area contributed by atoms with Crippen molar-refractivity contribution in [1.29, 1.82) is 0 Å². The fourth-order valence-corrected chi connectivity index (χ4v) is 2.40. The van der Waals surface area contributed by atoms with Gasteiger partial charge in [0.05, 0.1) is 12.1 Å². The minimum atomic E-state index is -0.650. The molecule has 1 saturated heterocycles. The summed E-state index contributed by atoms with van der Waals surface area (Å²) in [5.74, 6) is -0.0260. The number of nitrogens with zero attached hydrogens (tertiary/aromatic N) is 1. The molecular weight excluding hydrogens is 240 g/mol. The van der Waals surface area contributed by atoms with Gasteiger partial charge < -0.3 is 10.4 Å². The molecule has 104 valence electrons. The Bertz CT molecular complexity index is 440. The summed E-state index contributed by atoms with van der Waals surface area (Å²) in [6.45, 7) is 5.59. The summed E-state index contributed by atoms with van der Waals surface area (Å²) in [5, 5.41) is 12.7. The Morgan fingerprint density at radius 1 is 1.42 bits per heavy atom. The van der Waals surface area contributed by atoms with Crippen LogP contribution >= 0.6 is 0 Å². The SMILES string of the molecule is CCc1ccc(NC(=O)CN2CCC(C)(O)C2)cc1. The zero-order chi connectivity index (χ0) is 13.9. The molecule has 0 aromatic heterocycles. The Morgan fingerprint density at radius 3 is 2.63 bits per heavy atom. The molecule has 1 aromatic rings. The van der Waals surface area contributed by atoms with Crippen LogP contribution in [-0.4, -0.2) is 41.1 Å². The zero-order valence-electron chi connectivity index (χ0n) is 11.6. The van der Waals surface area contributed by atoms with Crippen molar-refractivity contribution >= 4 is 11.6 Å². The number of β-amino-alcohol motifs (C(OH)–C–C–N with tert-alkyl or cyclic N) is 1. The van der Waals surface area contributed by atoms with E-state index in [9.17, 15) is 9.90 Å². The van der Waals surface area contributed by atoms with E-state index in [-0.39, 0.29) is 5.91 Å². The molecule has 0 aliphatic carbocycles. The lowest BCUT2D eigenvalue weighted by atomic mass is 10.1. The van der Waals surface area contributed by atoms with Crippen LogP contribution in [0.4, 0.5) is 5.69 Å². The number of likely N-dealkylation sites (tertiary alicyclic amines) is 1. The number of hydrogen-bond acceptors (Lipinski definition) is 3. The number of carbonyl (C=O) groups is 1. The Morgan fingerprint density at radius 2 is 2.11 bits per heavy atom. The van der Waals surface area contributed by atoms with E-state index >= 15 is 0 Å². The van der Waals surface area contributed by atoms with E-state index in [1.165, 1.54) is 5.56 Å². The predicted molar refractivity (Wildman–Crippen MR) is 76.1 cm³/mol. The second kappa shape index (κ2) is 5.72. The van der Waals surface area contributed by atoms with Gasteiger partial charge in [0.2, 0.25) is 5.91 Å². The molecule has 2 rings (SSSR count). The molecule has 1 fully saturated rings. The number of nitrogens with one attached hydrogen (secondary N) is 1. The molecule has 0 bridgehead atoms. The molecule has 0 saturated carbocycles. The third-order valence-corrected chi connectivity index (χ3v) is 3.54. The molecule has 2 N–H and O–H groups in total. The van der Waals surface area contributed by atoms with Crippen LogP contribution < -0.4 is 5.32 Å². The van der Waals surface area contributed by atoms with E-state index < -0.39 is 5.60 Å². The molecule has 1 aromatic carbocycles. The summed E-state index contributed by atoms with van der Waals surface area (Å²) < 4.78 is 0. The van der Waals surface area contributed by atoms with Crippen LogP contribution in [-0.2, 0) is 11.2 Å². The summed E-state index contributed by atoms with van der Waals surface area (Å²) in [6, 6.07) is 7.90. The number of benzene rings is 1. The maximum absolute atomic E-state index is 11.9. The molecule has 1 heterocycles. The van der Waals surface area contributed by atoms with Gasteiger partial charge in [0.15, 0.2) is 0 Å². The average Bonchev–Trinajstić information content (AvgIpc) is 2.69. The smallest absolute Gasteiger partial charge is 0.238 e.